The number of halogens is 1. The highest BCUT2D eigenvalue weighted by Gasteiger charge is 2.39. The summed E-state index contributed by atoms with van der Waals surface area (Å²) in [6, 6.07) is -0.810. The molecule has 1 atom stereocenters. The van der Waals surface area contributed by atoms with Gasteiger partial charge in [0.15, 0.2) is 0 Å². The first-order chi connectivity index (χ1) is 8.42. The van der Waals surface area contributed by atoms with Gasteiger partial charge in [-0.05, 0) is 6.42 Å². The summed E-state index contributed by atoms with van der Waals surface area (Å²) in [6.07, 6.45) is 0.356. The molecular weight excluding hydrogens is 260 g/mol. The molecule has 1 aliphatic rings. The molecule has 1 N–H and O–H groups in total. The molecule has 0 aliphatic carbocycles. The summed E-state index contributed by atoms with van der Waals surface area (Å²) >= 11 is 5.40. The van der Waals surface area contributed by atoms with E-state index in [-0.39, 0.29) is 23.6 Å². The highest BCUT2D eigenvalue weighted by Crippen LogP contribution is 2.19. The Morgan fingerprint density at radius 3 is 2.39 bits per heavy atom. The molecular formula is C11H17ClN2O4. The second kappa shape index (κ2) is 6.04. The average Bonchev–Trinajstić information content (AvgIpc) is 2.26. The van der Waals surface area contributed by atoms with Crippen LogP contribution in [0.2, 0.25) is 0 Å². The molecule has 0 unspecified atom stereocenters. The van der Waals surface area contributed by atoms with Crippen LogP contribution < -0.4 is 0 Å². The van der Waals surface area contributed by atoms with Crippen LogP contribution in [0.4, 0.5) is 0 Å². The third-order valence-electron chi connectivity index (χ3n) is 3.18. The number of nitrogens with zero attached hydrogens (tertiary/aromatic N) is 2. The number of likely N-dealkylation sites (tertiary alicyclic amines) is 1. The van der Waals surface area contributed by atoms with E-state index in [1.54, 1.807) is 6.92 Å². The molecule has 0 aromatic heterocycles. The Morgan fingerprint density at radius 2 is 2.00 bits per heavy atom. The van der Waals surface area contributed by atoms with Crippen LogP contribution in [0.5, 0.6) is 0 Å². The molecule has 18 heavy (non-hydrogen) atoms. The summed E-state index contributed by atoms with van der Waals surface area (Å²) in [6.45, 7) is 2.36. The Hall–Kier alpha value is -1.30. The number of carboxylic acids is 1. The number of hydrogen-bond donors (Lipinski definition) is 1. The number of aliphatic carboxylic acids is 1. The largest absolute Gasteiger partial charge is 0.480 e. The van der Waals surface area contributed by atoms with Crippen molar-refractivity contribution in [2.45, 2.75) is 19.4 Å². The third-order valence-corrected chi connectivity index (χ3v) is 3.41. The lowest BCUT2D eigenvalue weighted by atomic mass is 9.97. The lowest BCUT2D eigenvalue weighted by Crippen LogP contribution is -2.58. The highest BCUT2D eigenvalue weighted by molar-refractivity contribution is 6.27. The van der Waals surface area contributed by atoms with E-state index in [4.69, 9.17) is 16.7 Å². The van der Waals surface area contributed by atoms with E-state index in [0.29, 0.717) is 19.5 Å². The highest BCUT2D eigenvalue weighted by atomic mass is 35.5. The summed E-state index contributed by atoms with van der Waals surface area (Å²) < 4.78 is 0. The smallest absolute Gasteiger partial charge is 0.326 e. The van der Waals surface area contributed by atoms with Crippen LogP contribution in [0, 0.1) is 5.92 Å². The third kappa shape index (κ3) is 2.93. The molecule has 7 heteroatoms. The van der Waals surface area contributed by atoms with Gasteiger partial charge in [0.1, 0.15) is 11.9 Å². The summed E-state index contributed by atoms with van der Waals surface area (Å²) in [7, 11) is 1.48. The van der Waals surface area contributed by atoms with E-state index in [1.165, 1.54) is 16.8 Å². The molecule has 0 bridgehead atoms. The zero-order chi connectivity index (χ0) is 13.9. The van der Waals surface area contributed by atoms with Crippen LogP contribution in [0.15, 0.2) is 0 Å². The first kappa shape index (κ1) is 14.8. The minimum absolute atomic E-state index is 0.0938. The van der Waals surface area contributed by atoms with Crippen molar-refractivity contribution in [3.05, 3.63) is 0 Å². The second-order valence-electron chi connectivity index (χ2n) is 4.34. The van der Waals surface area contributed by atoms with E-state index >= 15 is 0 Å². The average molecular weight is 277 g/mol. The van der Waals surface area contributed by atoms with Gasteiger partial charge in [-0.2, -0.15) is 0 Å². The zero-order valence-electron chi connectivity index (χ0n) is 10.4. The first-order valence-corrected chi connectivity index (χ1v) is 6.29. The van der Waals surface area contributed by atoms with Crippen LogP contribution in [0.1, 0.15) is 13.3 Å². The maximum absolute atomic E-state index is 12.0. The van der Waals surface area contributed by atoms with Crippen LogP contribution in [0.3, 0.4) is 0 Å². The Morgan fingerprint density at radius 1 is 1.44 bits per heavy atom. The minimum atomic E-state index is -1.01. The van der Waals surface area contributed by atoms with E-state index in [0.717, 1.165) is 0 Å². The molecule has 1 rings (SSSR count). The van der Waals surface area contributed by atoms with Gasteiger partial charge in [-0.1, -0.05) is 6.92 Å². The van der Waals surface area contributed by atoms with Gasteiger partial charge in [0.05, 0.1) is 5.92 Å². The molecule has 0 radical (unpaired) electrons. The lowest BCUT2D eigenvalue weighted by molar-refractivity contribution is -0.155. The van der Waals surface area contributed by atoms with Crippen molar-refractivity contribution in [3.63, 3.8) is 0 Å². The van der Waals surface area contributed by atoms with Gasteiger partial charge < -0.3 is 14.9 Å². The van der Waals surface area contributed by atoms with Crippen molar-refractivity contribution in [2.75, 3.05) is 26.0 Å². The Bertz CT molecular complexity index is 355. The topological polar surface area (TPSA) is 77.9 Å². The zero-order valence-corrected chi connectivity index (χ0v) is 11.2. The standard InChI is InChI=1S/C11H17ClN2O4/c1-3-8(11(17)18)13(2)10(16)7-5-14(6-7)9(15)4-12/h7-8H,3-6H2,1-2H3,(H,17,18)/t8-/m0/s1. The Balaban J connectivity index is 2.52. The van der Waals surface area contributed by atoms with E-state index < -0.39 is 12.0 Å². The Labute approximate surface area is 110 Å². The molecule has 0 aromatic carbocycles. The fourth-order valence-corrected chi connectivity index (χ4v) is 2.15. The Kier molecular flexibility index (Phi) is 4.95. The van der Waals surface area contributed by atoms with Gasteiger partial charge in [-0.3, -0.25) is 9.59 Å². The number of alkyl halides is 1. The number of carboxylic acid groups (broad SMARTS) is 1. The van der Waals surface area contributed by atoms with Crippen LogP contribution in [0.25, 0.3) is 0 Å². The van der Waals surface area contributed by atoms with Crippen LogP contribution in [-0.2, 0) is 14.4 Å². The predicted molar refractivity (Wildman–Crippen MR) is 65.3 cm³/mol. The fourth-order valence-electron chi connectivity index (χ4n) is 1.98. The molecule has 1 heterocycles. The number of likely N-dealkylation sites (N-methyl/N-ethyl adjacent to an activating group) is 1. The van der Waals surface area contributed by atoms with Gasteiger partial charge in [0.25, 0.3) is 0 Å². The molecule has 2 amide bonds. The molecule has 0 spiro atoms. The maximum atomic E-state index is 12.0. The molecule has 6 nitrogen and oxygen atoms in total. The number of carbonyl (C=O) groups is 3. The quantitative estimate of drug-likeness (QED) is 0.717. The summed E-state index contributed by atoms with van der Waals surface area (Å²) in [5.41, 5.74) is 0. The SMILES string of the molecule is CC[C@@H](C(=O)O)N(C)C(=O)C1CN(C(=O)CCl)C1. The molecule has 102 valence electrons. The van der Waals surface area contributed by atoms with Gasteiger partial charge in [-0.15, -0.1) is 11.6 Å². The van der Waals surface area contributed by atoms with Crippen molar-refractivity contribution in [1.29, 1.82) is 0 Å². The van der Waals surface area contributed by atoms with Crippen LogP contribution in [-0.4, -0.2) is 64.7 Å². The molecule has 1 fully saturated rings. The van der Waals surface area contributed by atoms with Gasteiger partial charge >= 0.3 is 5.97 Å². The van der Waals surface area contributed by atoms with Crippen molar-refractivity contribution < 1.29 is 19.5 Å². The van der Waals surface area contributed by atoms with Crippen molar-refractivity contribution >= 4 is 29.4 Å². The summed E-state index contributed by atoms with van der Waals surface area (Å²) in [5, 5.41) is 8.97. The first-order valence-electron chi connectivity index (χ1n) is 5.75. The van der Waals surface area contributed by atoms with Crippen molar-refractivity contribution in [2.24, 2.45) is 5.92 Å². The van der Waals surface area contributed by atoms with Gasteiger partial charge in [0, 0.05) is 20.1 Å². The predicted octanol–water partition coefficient (Wildman–Crippen LogP) is 0.00520. The monoisotopic (exact) mass is 276 g/mol. The van der Waals surface area contributed by atoms with Crippen molar-refractivity contribution in [1.82, 2.24) is 9.80 Å². The second-order valence-corrected chi connectivity index (χ2v) is 4.61. The molecule has 1 aliphatic heterocycles. The fraction of sp³-hybridized carbons (Fsp3) is 0.727. The number of hydrogen-bond acceptors (Lipinski definition) is 3. The van der Waals surface area contributed by atoms with E-state index in [2.05, 4.69) is 0 Å². The van der Waals surface area contributed by atoms with Crippen molar-refractivity contribution in [3.8, 4) is 0 Å². The molecule has 0 saturated carbocycles. The number of carbonyl (C=O) groups excluding carboxylic acids is 2. The van der Waals surface area contributed by atoms with Gasteiger partial charge in [0.2, 0.25) is 11.8 Å². The van der Waals surface area contributed by atoms with Crippen LogP contribution >= 0.6 is 11.6 Å². The molecule has 1 saturated heterocycles. The number of rotatable bonds is 5. The maximum Gasteiger partial charge on any atom is 0.326 e. The normalized spacial score (nSPS) is 16.9. The van der Waals surface area contributed by atoms with Gasteiger partial charge in [-0.25, -0.2) is 4.79 Å². The lowest BCUT2D eigenvalue weighted by Gasteiger charge is -2.40. The summed E-state index contributed by atoms with van der Waals surface area (Å²) in [5.74, 6) is -1.85. The van der Waals surface area contributed by atoms with E-state index in [9.17, 15) is 14.4 Å². The minimum Gasteiger partial charge on any atom is -0.480 e. The molecule has 0 aromatic rings. The summed E-state index contributed by atoms with van der Waals surface area (Å²) in [4.78, 5) is 36.9. The van der Waals surface area contributed by atoms with E-state index in [1.807, 2.05) is 0 Å². The number of amides is 2.